The Morgan fingerprint density at radius 2 is 1.96 bits per heavy atom. The van der Waals surface area contributed by atoms with E-state index in [1.165, 1.54) is 25.0 Å². The number of aliphatic hydroxyl groups excluding tert-OH is 1. The topological polar surface area (TPSA) is 66.6 Å². The summed E-state index contributed by atoms with van der Waals surface area (Å²) in [5.41, 5.74) is 1.21. The van der Waals surface area contributed by atoms with E-state index in [4.69, 9.17) is 0 Å². The molecule has 1 aliphatic heterocycles. The van der Waals surface area contributed by atoms with Gasteiger partial charge in [-0.3, -0.25) is 15.0 Å². The van der Waals surface area contributed by atoms with Crippen LogP contribution in [0.1, 0.15) is 37.7 Å². The number of hydrogen-bond acceptors (Lipinski definition) is 4. The van der Waals surface area contributed by atoms with Crippen molar-refractivity contribution >= 4 is 11.3 Å². The Morgan fingerprint density at radius 1 is 1.24 bits per heavy atom. The molecule has 25 heavy (non-hydrogen) atoms. The molecule has 0 bridgehead atoms. The molecule has 1 aromatic rings. The van der Waals surface area contributed by atoms with Crippen LogP contribution < -0.4 is 0 Å². The zero-order valence-corrected chi connectivity index (χ0v) is 14.4. The van der Waals surface area contributed by atoms with Crippen LogP contribution >= 0.6 is 0 Å². The number of rotatable bonds is 5. The van der Waals surface area contributed by atoms with Gasteiger partial charge in [0.05, 0.1) is 11.0 Å². The molecule has 0 amide bonds. The molecule has 1 heterocycles. The average molecular weight is 348 g/mol. The number of nitro groups is 1. The fraction of sp³-hybridized carbons (Fsp3) is 0.579. The third-order valence-corrected chi connectivity index (χ3v) is 5.54. The second-order valence-electron chi connectivity index (χ2n) is 7.23. The van der Waals surface area contributed by atoms with Crippen LogP contribution in [0.15, 0.2) is 24.3 Å². The van der Waals surface area contributed by atoms with Crippen LogP contribution in [0.3, 0.4) is 0 Å². The van der Waals surface area contributed by atoms with E-state index in [-0.39, 0.29) is 5.69 Å². The first-order valence-electron chi connectivity index (χ1n) is 9.03. The first-order valence-corrected chi connectivity index (χ1v) is 9.03. The highest BCUT2D eigenvalue weighted by Gasteiger charge is 2.24. The lowest BCUT2D eigenvalue weighted by Gasteiger charge is -2.33. The van der Waals surface area contributed by atoms with E-state index in [0.29, 0.717) is 24.0 Å². The fourth-order valence-electron chi connectivity index (χ4n) is 3.96. The van der Waals surface area contributed by atoms with Crippen molar-refractivity contribution in [2.75, 3.05) is 26.2 Å². The van der Waals surface area contributed by atoms with Gasteiger partial charge in [0.15, 0.2) is 0 Å². The lowest BCUT2D eigenvalue weighted by molar-refractivity contribution is -0.385. The molecule has 0 unspecified atom stereocenters. The highest BCUT2D eigenvalue weighted by Crippen LogP contribution is 2.31. The number of aliphatic hydroxyl groups is 1. The van der Waals surface area contributed by atoms with Crippen LogP contribution in [-0.2, 0) is 0 Å². The van der Waals surface area contributed by atoms with Crippen LogP contribution in [0, 0.1) is 27.8 Å². The molecule has 1 N–H and O–H groups in total. The van der Waals surface area contributed by atoms with Gasteiger partial charge in [-0.05, 0) is 55.6 Å². The van der Waals surface area contributed by atoms with Crippen molar-refractivity contribution in [1.29, 1.82) is 0 Å². The van der Waals surface area contributed by atoms with Gasteiger partial charge in [-0.2, -0.15) is 0 Å². The molecular formula is C19H25FN2O3. The number of benzene rings is 1. The predicted octanol–water partition coefficient (Wildman–Crippen LogP) is 3.62. The zero-order valence-electron chi connectivity index (χ0n) is 14.4. The lowest BCUT2D eigenvalue weighted by Crippen LogP contribution is -2.35. The highest BCUT2D eigenvalue weighted by molar-refractivity contribution is 5.68. The van der Waals surface area contributed by atoms with E-state index in [1.807, 2.05) is 6.08 Å². The van der Waals surface area contributed by atoms with Gasteiger partial charge >= 0.3 is 0 Å². The van der Waals surface area contributed by atoms with Gasteiger partial charge < -0.3 is 5.11 Å². The van der Waals surface area contributed by atoms with Crippen molar-refractivity contribution in [2.45, 2.75) is 32.1 Å². The minimum atomic E-state index is -0.574. The van der Waals surface area contributed by atoms with Gasteiger partial charge in [-0.25, -0.2) is 4.39 Å². The van der Waals surface area contributed by atoms with Crippen LogP contribution in [0.5, 0.6) is 0 Å². The number of halogens is 1. The summed E-state index contributed by atoms with van der Waals surface area (Å²) in [5, 5.41) is 19.9. The second-order valence-corrected chi connectivity index (χ2v) is 7.23. The summed E-state index contributed by atoms with van der Waals surface area (Å²) >= 11 is 0. The number of nitrogens with zero attached hydrogens (tertiary/aromatic N) is 2. The Kier molecular flexibility index (Phi) is 5.81. The molecule has 1 aliphatic carbocycles. The van der Waals surface area contributed by atoms with Gasteiger partial charge in [-0.1, -0.05) is 6.08 Å². The van der Waals surface area contributed by atoms with E-state index >= 15 is 0 Å². The van der Waals surface area contributed by atoms with E-state index < -0.39 is 10.7 Å². The molecule has 3 rings (SSSR count). The molecule has 0 saturated heterocycles. The SMILES string of the molecule is O=[N+]([O-])c1ccc(C2=CCN(C[C@H]3CC[C@H](CO)CC3)CC2)c(F)c1. The Morgan fingerprint density at radius 3 is 2.52 bits per heavy atom. The van der Waals surface area contributed by atoms with Gasteiger partial charge in [0.2, 0.25) is 0 Å². The number of nitro benzene ring substituents is 1. The van der Waals surface area contributed by atoms with Crippen molar-refractivity contribution in [2.24, 2.45) is 11.8 Å². The molecule has 0 atom stereocenters. The average Bonchev–Trinajstić information content (AvgIpc) is 2.63. The van der Waals surface area contributed by atoms with Gasteiger partial charge in [0.1, 0.15) is 5.82 Å². The summed E-state index contributed by atoms with van der Waals surface area (Å²) in [6, 6.07) is 3.89. The molecule has 0 spiro atoms. The molecule has 0 radical (unpaired) electrons. The molecule has 1 saturated carbocycles. The maximum absolute atomic E-state index is 14.2. The molecule has 1 fully saturated rings. The molecule has 5 nitrogen and oxygen atoms in total. The normalized spacial score (nSPS) is 24.8. The third kappa shape index (κ3) is 4.44. The Balaban J connectivity index is 1.57. The fourth-order valence-corrected chi connectivity index (χ4v) is 3.96. The monoisotopic (exact) mass is 348 g/mol. The maximum atomic E-state index is 14.2. The predicted molar refractivity (Wildman–Crippen MR) is 94.6 cm³/mol. The second kappa shape index (κ2) is 8.06. The maximum Gasteiger partial charge on any atom is 0.272 e. The lowest BCUT2D eigenvalue weighted by atomic mass is 9.82. The van der Waals surface area contributed by atoms with Crippen molar-refractivity contribution in [1.82, 2.24) is 4.90 Å². The summed E-state index contributed by atoms with van der Waals surface area (Å²) < 4.78 is 14.2. The molecule has 1 aromatic carbocycles. The summed E-state index contributed by atoms with van der Waals surface area (Å²) in [5.74, 6) is 0.652. The van der Waals surface area contributed by atoms with Crippen molar-refractivity contribution < 1.29 is 14.4 Å². The Labute approximate surface area is 147 Å². The molecule has 2 aliphatic rings. The molecule has 136 valence electrons. The molecular weight excluding hydrogens is 323 g/mol. The smallest absolute Gasteiger partial charge is 0.272 e. The minimum absolute atomic E-state index is 0.210. The van der Waals surface area contributed by atoms with Crippen LogP contribution in [0.25, 0.3) is 5.57 Å². The van der Waals surface area contributed by atoms with Crippen molar-refractivity contribution in [3.05, 3.63) is 45.8 Å². The quantitative estimate of drug-likeness (QED) is 0.652. The van der Waals surface area contributed by atoms with Crippen LogP contribution in [-0.4, -0.2) is 41.2 Å². The van der Waals surface area contributed by atoms with E-state index in [2.05, 4.69) is 4.90 Å². The largest absolute Gasteiger partial charge is 0.396 e. The zero-order chi connectivity index (χ0) is 17.8. The third-order valence-electron chi connectivity index (χ3n) is 5.54. The van der Waals surface area contributed by atoms with E-state index in [0.717, 1.165) is 50.5 Å². The summed E-state index contributed by atoms with van der Waals surface area (Å²) in [6.07, 6.45) is 7.40. The van der Waals surface area contributed by atoms with Crippen molar-refractivity contribution in [3.63, 3.8) is 0 Å². The first-order chi connectivity index (χ1) is 12.1. The Bertz CT molecular complexity index is 654. The van der Waals surface area contributed by atoms with E-state index in [1.54, 1.807) is 0 Å². The minimum Gasteiger partial charge on any atom is -0.396 e. The number of hydrogen-bond donors (Lipinski definition) is 1. The summed E-state index contributed by atoms with van der Waals surface area (Å²) in [7, 11) is 0. The first kappa shape index (κ1) is 18.0. The van der Waals surface area contributed by atoms with E-state index in [9.17, 15) is 19.6 Å². The molecule has 6 heteroatoms. The van der Waals surface area contributed by atoms with Gasteiger partial charge in [0.25, 0.3) is 5.69 Å². The highest BCUT2D eigenvalue weighted by atomic mass is 19.1. The van der Waals surface area contributed by atoms with Crippen LogP contribution in [0.4, 0.5) is 10.1 Å². The van der Waals surface area contributed by atoms with Gasteiger partial charge in [-0.15, -0.1) is 0 Å². The standard InChI is InChI=1S/C19H25FN2O3/c20-19-11-17(22(24)25)5-6-18(19)16-7-9-21(10-8-16)12-14-1-3-15(13-23)4-2-14/h5-7,11,14-15,23H,1-4,8-10,12-13H2/t14-,15-. The molecule has 0 aromatic heterocycles. The Hall–Kier alpha value is -1.79. The van der Waals surface area contributed by atoms with Crippen LogP contribution in [0.2, 0.25) is 0 Å². The van der Waals surface area contributed by atoms with Crippen molar-refractivity contribution in [3.8, 4) is 0 Å². The van der Waals surface area contributed by atoms with Gasteiger partial charge in [0, 0.05) is 37.9 Å². The summed E-state index contributed by atoms with van der Waals surface area (Å²) in [6.45, 7) is 3.06. The summed E-state index contributed by atoms with van der Waals surface area (Å²) in [4.78, 5) is 12.5. The number of non-ortho nitro benzene ring substituents is 1.